The molecule has 80 valence electrons. The van der Waals surface area contributed by atoms with E-state index < -0.39 is 0 Å². The number of rotatable bonds is 1. The first kappa shape index (κ1) is 11.0. The summed E-state index contributed by atoms with van der Waals surface area (Å²) in [6, 6.07) is 2.15. The van der Waals surface area contributed by atoms with Gasteiger partial charge in [-0.25, -0.2) is 4.68 Å². The van der Waals surface area contributed by atoms with Crippen LogP contribution in [0.4, 0.5) is 0 Å². The van der Waals surface area contributed by atoms with Crippen molar-refractivity contribution >= 4 is 22.6 Å². The fourth-order valence-corrected chi connectivity index (χ4v) is 1.70. The largest absolute Gasteiger partial charge is 0.219 e. The van der Waals surface area contributed by atoms with Crippen LogP contribution in [0.3, 0.4) is 0 Å². The second-order valence-electron chi connectivity index (χ2n) is 3.32. The number of nitriles is 1. The lowest BCUT2D eigenvalue weighted by atomic mass is 10.1. The highest BCUT2D eigenvalue weighted by Gasteiger charge is 2.12. The van der Waals surface area contributed by atoms with E-state index in [1.807, 2.05) is 13.8 Å². The van der Waals surface area contributed by atoms with Gasteiger partial charge in [-0.15, -0.1) is 5.10 Å². The Morgan fingerprint density at radius 2 is 2.12 bits per heavy atom. The summed E-state index contributed by atoms with van der Waals surface area (Å²) in [5, 5.41) is 21.3. The third-order valence-electron chi connectivity index (χ3n) is 2.32. The molecular weight excluding hydrogens is 317 g/mol. The molecule has 2 aromatic heterocycles. The van der Waals surface area contributed by atoms with E-state index in [9.17, 15) is 0 Å². The van der Waals surface area contributed by atoms with E-state index in [4.69, 9.17) is 5.26 Å². The van der Waals surface area contributed by atoms with Crippen molar-refractivity contribution in [3.63, 3.8) is 0 Å². The van der Waals surface area contributed by atoms with Crippen molar-refractivity contribution in [2.45, 2.75) is 13.8 Å². The third kappa shape index (κ3) is 1.78. The Labute approximate surface area is 106 Å². The minimum atomic E-state index is 0.480. The summed E-state index contributed by atoms with van der Waals surface area (Å²) in [7, 11) is 0. The predicted octanol–water partition coefficient (Wildman–Crippen LogP) is 1.76. The maximum absolute atomic E-state index is 9.13. The van der Waals surface area contributed by atoms with Gasteiger partial charge in [0.05, 0.1) is 15.5 Å². The lowest BCUT2D eigenvalue weighted by Crippen LogP contribution is -2.07. The van der Waals surface area contributed by atoms with E-state index in [2.05, 4.69) is 44.0 Å². The van der Waals surface area contributed by atoms with Crippen molar-refractivity contribution in [3.05, 3.63) is 32.8 Å². The van der Waals surface area contributed by atoms with Crippen molar-refractivity contribution in [1.82, 2.24) is 20.0 Å². The van der Waals surface area contributed by atoms with Crippen LogP contribution in [0.1, 0.15) is 16.8 Å². The molecule has 0 spiro atoms. The van der Waals surface area contributed by atoms with Crippen LogP contribution in [-0.2, 0) is 0 Å². The molecule has 0 aliphatic heterocycles. The van der Waals surface area contributed by atoms with Gasteiger partial charge in [-0.05, 0) is 42.0 Å². The predicted molar refractivity (Wildman–Crippen MR) is 66.1 cm³/mol. The maximum Gasteiger partial charge on any atom is 0.193 e. The molecule has 0 aromatic carbocycles. The molecule has 0 aliphatic carbocycles. The van der Waals surface area contributed by atoms with Crippen molar-refractivity contribution < 1.29 is 0 Å². The Balaban J connectivity index is 2.67. The molecule has 0 saturated carbocycles. The summed E-state index contributed by atoms with van der Waals surface area (Å²) in [5.74, 6) is 0.480. The van der Waals surface area contributed by atoms with Crippen molar-refractivity contribution in [3.8, 4) is 11.9 Å². The fourth-order valence-electron chi connectivity index (χ4n) is 1.31. The van der Waals surface area contributed by atoms with Gasteiger partial charge in [0.25, 0.3) is 0 Å². The number of halogens is 1. The molecule has 0 saturated heterocycles. The molecule has 2 heterocycles. The first-order chi connectivity index (χ1) is 7.63. The van der Waals surface area contributed by atoms with Crippen LogP contribution in [-0.4, -0.2) is 20.0 Å². The van der Waals surface area contributed by atoms with Gasteiger partial charge < -0.3 is 0 Å². The molecule has 5 nitrogen and oxygen atoms in total. The Bertz CT molecular complexity index is 581. The summed E-state index contributed by atoms with van der Waals surface area (Å²) in [6.45, 7) is 3.69. The van der Waals surface area contributed by atoms with E-state index in [0.717, 1.165) is 14.8 Å². The van der Waals surface area contributed by atoms with Gasteiger partial charge in [0, 0.05) is 6.20 Å². The summed E-state index contributed by atoms with van der Waals surface area (Å²) in [4.78, 5) is 0. The van der Waals surface area contributed by atoms with Crippen LogP contribution in [0.15, 0.2) is 12.4 Å². The highest BCUT2D eigenvalue weighted by atomic mass is 127. The SMILES string of the molecule is Cc1nnc(-n2cc(I)cn2)c(C#N)c1C. The second-order valence-corrected chi connectivity index (χ2v) is 4.57. The van der Waals surface area contributed by atoms with Gasteiger partial charge >= 0.3 is 0 Å². The smallest absolute Gasteiger partial charge is 0.193 e. The van der Waals surface area contributed by atoms with E-state index in [0.29, 0.717) is 11.4 Å². The van der Waals surface area contributed by atoms with E-state index in [-0.39, 0.29) is 0 Å². The number of hydrogen-bond donors (Lipinski definition) is 0. The minimum Gasteiger partial charge on any atom is -0.219 e. The summed E-state index contributed by atoms with van der Waals surface area (Å²) < 4.78 is 2.56. The standard InChI is InChI=1S/C10H8IN5/c1-6-7(2)14-15-10(9(6)3-12)16-5-8(11)4-13-16/h4-5H,1-2H3. The molecule has 2 rings (SSSR count). The van der Waals surface area contributed by atoms with Crippen LogP contribution in [0, 0.1) is 28.7 Å². The van der Waals surface area contributed by atoms with Crippen LogP contribution in [0.2, 0.25) is 0 Å². The molecule has 0 amide bonds. The molecule has 0 fully saturated rings. The molecule has 0 bridgehead atoms. The van der Waals surface area contributed by atoms with Gasteiger partial charge in [0.1, 0.15) is 11.6 Å². The van der Waals surface area contributed by atoms with Gasteiger partial charge in [-0.2, -0.15) is 15.5 Å². The Hall–Kier alpha value is -1.49. The summed E-state index contributed by atoms with van der Waals surface area (Å²) in [6.07, 6.45) is 3.51. The van der Waals surface area contributed by atoms with Crippen molar-refractivity contribution in [2.75, 3.05) is 0 Å². The average Bonchev–Trinajstić information content (AvgIpc) is 2.68. The molecule has 0 radical (unpaired) electrons. The van der Waals surface area contributed by atoms with E-state index in [1.54, 1.807) is 17.1 Å². The fraction of sp³-hybridized carbons (Fsp3) is 0.200. The molecule has 2 aromatic rings. The number of aryl methyl sites for hydroxylation is 1. The molecule has 0 N–H and O–H groups in total. The van der Waals surface area contributed by atoms with Gasteiger partial charge in [0.2, 0.25) is 0 Å². The number of aromatic nitrogens is 4. The lowest BCUT2D eigenvalue weighted by molar-refractivity contribution is 0.796. The third-order valence-corrected chi connectivity index (χ3v) is 2.87. The van der Waals surface area contributed by atoms with Crippen LogP contribution >= 0.6 is 22.6 Å². The number of nitrogens with zero attached hydrogens (tertiary/aromatic N) is 5. The quantitative estimate of drug-likeness (QED) is 0.749. The molecular formula is C10H8IN5. The van der Waals surface area contributed by atoms with Gasteiger partial charge in [0.15, 0.2) is 5.82 Å². The minimum absolute atomic E-state index is 0.480. The maximum atomic E-state index is 9.13. The first-order valence-corrected chi connectivity index (χ1v) is 5.66. The van der Waals surface area contributed by atoms with Crippen LogP contribution in [0.25, 0.3) is 5.82 Å². The average molecular weight is 325 g/mol. The van der Waals surface area contributed by atoms with Gasteiger partial charge in [-0.3, -0.25) is 0 Å². The van der Waals surface area contributed by atoms with Crippen LogP contribution < -0.4 is 0 Å². The van der Waals surface area contributed by atoms with E-state index >= 15 is 0 Å². The number of hydrogen-bond acceptors (Lipinski definition) is 4. The topological polar surface area (TPSA) is 67.4 Å². The second kappa shape index (κ2) is 4.17. The van der Waals surface area contributed by atoms with Crippen LogP contribution in [0.5, 0.6) is 0 Å². The highest BCUT2D eigenvalue weighted by Crippen LogP contribution is 2.16. The van der Waals surface area contributed by atoms with Crippen molar-refractivity contribution in [1.29, 1.82) is 5.26 Å². The summed E-state index contributed by atoms with van der Waals surface area (Å²) in [5.41, 5.74) is 2.13. The molecule has 0 aliphatic rings. The normalized spacial score (nSPS) is 10.1. The zero-order valence-corrected chi connectivity index (χ0v) is 10.9. The van der Waals surface area contributed by atoms with Gasteiger partial charge in [-0.1, -0.05) is 0 Å². The lowest BCUT2D eigenvalue weighted by Gasteiger charge is -2.06. The summed E-state index contributed by atoms with van der Waals surface area (Å²) >= 11 is 2.15. The van der Waals surface area contributed by atoms with E-state index in [1.165, 1.54) is 0 Å². The molecule has 0 unspecified atom stereocenters. The zero-order chi connectivity index (χ0) is 11.7. The monoisotopic (exact) mass is 325 g/mol. The highest BCUT2D eigenvalue weighted by molar-refractivity contribution is 14.1. The van der Waals surface area contributed by atoms with Crippen molar-refractivity contribution in [2.24, 2.45) is 0 Å². The Morgan fingerprint density at radius 3 is 2.69 bits per heavy atom. The first-order valence-electron chi connectivity index (χ1n) is 4.58. The molecule has 6 heteroatoms. The Kier molecular flexibility index (Phi) is 2.87. The zero-order valence-electron chi connectivity index (χ0n) is 8.77. The Morgan fingerprint density at radius 1 is 1.38 bits per heavy atom. The molecule has 16 heavy (non-hydrogen) atoms. The molecule has 0 atom stereocenters.